The summed E-state index contributed by atoms with van der Waals surface area (Å²) in [4.78, 5) is 16.0. The van der Waals surface area contributed by atoms with Gasteiger partial charge in [-0.15, -0.1) is 11.3 Å². The second kappa shape index (κ2) is 6.12. The lowest BCUT2D eigenvalue weighted by molar-refractivity contribution is -0.122. The zero-order valence-corrected chi connectivity index (χ0v) is 11.6. The molecule has 1 amide bonds. The number of carbonyl (C=O) groups is 1. The third kappa shape index (κ3) is 5.79. The largest absolute Gasteiger partial charge is 0.351 e. The molecule has 17 heavy (non-hydrogen) atoms. The maximum atomic E-state index is 11.6. The highest BCUT2D eigenvalue weighted by Gasteiger charge is 2.13. The summed E-state index contributed by atoms with van der Waals surface area (Å²) < 4.78 is 0. The Balaban J connectivity index is 2.37. The van der Waals surface area contributed by atoms with Gasteiger partial charge in [0.05, 0.1) is 10.7 Å². The Morgan fingerprint density at radius 2 is 2.18 bits per heavy atom. The zero-order valence-electron chi connectivity index (χ0n) is 10.7. The first-order chi connectivity index (χ1) is 7.90. The van der Waals surface area contributed by atoms with Gasteiger partial charge in [0.25, 0.3) is 0 Å². The van der Waals surface area contributed by atoms with Crippen molar-refractivity contribution in [3.05, 3.63) is 16.1 Å². The highest BCUT2D eigenvalue weighted by molar-refractivity contribution is 7.09. The van der Waals surface area contributed by atoms with Crippen LogP contribution < -0.4 is 11.1 Å². The molecule has 0 spiro atoms. The van der Waals surface area contributed by atoms with Gasteiger partial charge >= 0.3 is 0 Å². The van der Waals surface area contributed by atoms with E-state index < -0.39 is 0 Å². The molecule has 0 aliphatic rings. The summed E-state index contributed by atoms with van der Waals surface area (Å²) in [7, 11) is 0. The molecule has 0 atom stereocenters. The quantitative estimate of drug-likeness (QED) is 0.837. The number of hydrogen-bond acceptors (Lipinski definition) is 4. The van der Waals surface area contributed by atoms with Crippen molar-refractivity contribution in [1.82, 2.24) is 10.3 Å². The Morgan fingerprint density at radius 3 is 2.76 bits per heavy atom. The second-order valence-electron chi connectivity index (χ2n) is 5.07. The third-order valence-corrected chi connectivity index (χ3v) is 3.04. The Kier molecular flexibility index (Phi) is 5.08. The van der Waals surface area contributed by atoms with Crippen LogP contribution >= 0.6 is 11.3 Å². The molecule has 0 unspecified atom stereocenters. The van der Waals surface area contributed by atoms with Crippen molar-refractivity contribution in [3.63, 3.8) is 0 Å². The standard InChI is InChI=1S/C12H21N3OS/c1-12(2,3)15-10(16)5-4-9-8-17-11(14-9)6-7-13/h8H,4-7,13H2,1-3H3,(H,15,16). The van der Waals surface area contributed by atoms with Crippen molar-refractivity contribution in [3.8, 4) is 0 Å². The average molecular weight is 255 g/mol. The summed E-state index contributed by atoms with van der Waals surface area (Å²) in [6, 6.07) is 0. The number of aryl methyl sites for hydroxylation is 1. The van der Waals surface area contributed by atoms with Gasteiger partial charge in [0.2, 0.25) is 5.91 Å². The molecule has 1 aromatic rings. The van der Waals surface area contributed by atoms with Crippen LogP contribution in [-0.4, -0.2) is 23.0 Å². The van der Waals surface area contributed by atoms with E-state index in [4.69, 9.17) is 5.73 Å². The van der Waals surface area contributed by atoms with E-state index in [0.717, 1.165) is 17.1 Å². The first-order valence-corrected chi connectivity index (χ1v) is 6.73. The summed E-state index contributed by atoms with van der Waals surface area (Å²) in [5, 5.41) is 6.00. The van der Waals surface area contributed by atoms with Crippen molar-refractivity contribution in [2.75, 3.05) is 6.54 Å². The summed E-state index contributed by atoms with van der Waals surface area (Å²) in [5.41, 5.74) is 6.29. The molecule has 0 aliphatic carbocycles. The summed E-state index contributed by atoms with van der Waals surface area (Å²) in [6.45, 7) is 6.56. The topological polar surface area (TPSA) is 68.0 Å². The maximum Gasteiger partial charge on any atom is 0.220 e. The minimum atomic E-state index is -0.163. The molecular formula is C12H21N3OS. The SMILES string of the molecule is CC(C)(C)NC(=O)CCc1csc(CCN)n1. The number of hydrogen-bond donors (Lipinski definition) is 2. The highest BCUT2D eigenvalue weighted by atomic mass is 32.1. The van der Waals surface area contributed by atoms with E-state index in [9.17, 15) is 4.79 Å². The fraction of sp³-hybridized carbons (Fsp3) is 0.667. The molecule has 1 heterocycles. The monoisotopic (exact) mass is 255 g/mol. The predicted octanol–water partition coefficient (Wildman–Crippen LogP) is 1.49. The smallest absolute Gasteiger partial charge is 0.220 e. The normalized spacial score (nSPS) is 11.5. The summed E-state index contributed by atoms with van der Waals surface area (Å²) in [5.74, 6) is 0.0749. The molecule has 5 heteroatoms. The van der Waals surface area contributed by atoms with Gasteiger partial charge in [-0.25, -0.2) is 4.98 Å². The van der Waals surface area contributed by atoms with Crippen molar-refractivity contribution < 1.29 is 4.79 Å². The number of rotatable bonds is 5. The number of aromatic nitrogens is 1. The van der Waals surface area contributed by atoms with Crippen LogP contribution in [0.3, 0.4) is 0 Å². The van der Waals surface area contributed by atoms with Gasteiger partial charge in [-0.3, -0.25) is 4.79 Å². The number of carbonyl (C=O) groups excluding carboxylic acids is 1. The van der Waals surface area contributed by atoms with Crippen LogP contribution in [0.4, 0.5) is 0 Å². The van der Waals surface area contributed by atoms with Crippen LogP contribution in [0.25, 0.3) is 0 Å². The van der Waals surface area contributed by atoms with E-state index in [0.29, 0.717) is 19.4 Å². The Morgan fingerprint density at radius 1 is 1.47 bits per heavy atom. The van der Waals surface area contributed by atoms with Gasteiger partial charge in [0.1, 0.15) is 0 Å². The van der Waals surface area contributed by atoms with E-state index in [1.54, 1.807) is 11.3 Å². The molecule has 1 rings (SSSR count). The molecular weight excluding hydrogens is 234 g/mol. The van der Waals surface area contributed by atoms with Gasteiger partial charge in [-0.05, 0) is 33.7 Å². The lowest BCUT2D eigenvalue weighted by Gasteiger charge is -2.20. The number of nitrogens with two attached hydrogens (primary N) is 1. The zero-order chi connectivity index (χ0) is 12.9. The molecule has 96 valence electrons. The summed E-state index contributed by atoms with van der Waals surface area (Å²) >= 11 is 1.62. The van der Waals surface area contributed by atoms with Crippen LogP contribution in [0.5, 0.6) is 0 Å². The Hall–Kier alpha value is -0.940. The molecule has 0 bridgehead atoms. The second-order valence-corrected chi connectivity index (χ2v) is 6.01. The number of thiazole rings is 1. The lowest BCUT2D eigenvalue weighted by Crippen LogP contribution is -2.40. The fourth-order valence-corrected chi connectivity index (χ4v) is 2.27. The maximum absolute atomic E-state index is 11.6. The van der Waals surface area contributed by atoms with Gasteiger partial charge in [0.15, 0.2) is 0 Å². The van der Waals surface area contributed by atoms with E-state index in [1.807, 2.05) is 26.2 Å². The molecule has 1 aromatic heterocycles. The van der Waals surface area contributed by atoms with Crippen molar-refractivity contribution in [1.29, 1.82) is 0 Å². The van der Waals surface area contributed by atoms with Gasteiger partial charge in [0, 0.05) is 23.8 Å². The minimum Gasteiger partial charge on any atom is -0.351 e. The fourth-order valence-electron chi connectivity index (χ4n) is 1.42. The highest BCUT2D eigenvalue weighted by Crippen LogP contribution is 2.12. The van der Waals surface area contributed by atoms with E-state index in [-0.39, 0.29) is 11.4 Å². The first kappa shape index (κ1) is 14.1. The van der Waals surface area contributed by atoms with Gasteiger partial charge in [-0.2, -0.15) is 0 Å². The molecule has 0 saturated carbocycles. The third-order valence-electron chi connectivity index (χ3n) is 2.08. The molecule has 3 N–H and O–H groups in total. The first-order valence-electron chi connectivity index (χ1n) is 5.85. The van der Waals surface area contributed by atoms with E-state index >= 15 is 0 Å². The molecule has 0 saturated heterocycles. The Labute approximate surface area is 107 Å². The van der Waals surface area contributed by atoms with Crippen LogP contribution in [0.1, 0.15) is 37.9 Å². The molecule has 0 fully saturated rings. The molecule has 0 aliphatic heterocycles. The minimum absolute atomic E-state index is 0.0749. The van der Waals surface area contributed by atoms with Gasteiger partial charge < -0.3 is 11.1 Å². The van der Waals surface area contributed by atoms with Crippen LogP contribution in [-0.2, 0) is 17.6 Å². The van der Waals surface area contributed by atoms with E-state index in [1.165, 1.54) is 0 Å². The number of nitrogens with one attached hydrogen (secondary N) is 1. The van der Waals surface area contributed by atoms with E-state index in [2.05, 4.69) is 10.3 Å². The van der Waals surface area contributed by atoms with Crippen LogP contribution in [0.2, 0.25) is 0 Å². The molecule has 0 radical (unpaired) electrons. The Bertz CT molecular complexity index is 368. The summed E-state index contributed by atoms with van der Waals surface area (Å²) in [6.07, 6.45) is 2.00. The van der Waals surface area contributed by atoms with Crippen molar-refractivity contribution in [2.45, 2.75) is 45.6 Å². The van der Waals surface area contributed by atoms with Crippen LogP contribution in [0.15, 0.2) is 5.38 Å². The predicted molar refractivity (Wildman–Crippen MR) is 71.1 cm³/mol. The number of amides is 1. The van der Waals surface area contributed by atoms with Crippen LogP contribution in [0, 0.1) is 0 Å². The van der Waals surface area contributed by atoms with Crippen molar-refractivity contribution in [2.24, 2.45) is 5.73 Å². The molecule has 4 nitrogen and oxygen atoms in total. The average Bonchev–Trinajstić information content (AvgIpc) is 2.61. The van der Waals surface area contributed by atoms with Crippen molar-refractivity contribution >= 4 is 17.2 Å². The lowest BCUT2D eigenvalue weighted by atomic mass is 10.1. The molecule has 0 aromatic carbocycles. The number of nitrogens with zero attached hydrogens (tertiary/aromatic N) is 1. The van der Waals surface area contributed by atoms with Gasteiger partial charge in [-0.1, -0.05) is 0 Å².